The third-order valence-corrected chi connectivity index (χ3v) is 5.15. The van der Waals surface area contributed by atoms with Crippen LogP contribution >= 0.6 is 0 Å². The van der Waals surface area contributed by atoms with E-state index >= 15 is 0 Å². The van der Waals surface area contributed by atoms with Crippen molar-refractivity contribution in [1.29, 1.82) is 0 Å². The molecule has 0 spiro atoms. The van der Waals surface area contributed by atoms with Gasteiger partial charge in [0, 0.05) is 11.5 Å². The summed E-state index contributed by atoms with van der Waals surface area (Å²) in [4.78, 5) is 11.8. The second-order valence-corrected chi connectivity index (χ2v) is 7.13. The van der Waals surface area contributed by atoms with E-state index in [1.54, 1.807) is 0 Å². The third-order valence-electron chi connectivity index (χ3n) is 5.15. The van der Waals surface area contributed by atoms with Gasteiger partial charge in [-0.3, -0.25) is 4.79 Å². The number of rotatable bonds is 2. The van der Waals surface area contributed by atoms with Crippen LogP contribution in [0, 0.1) is 0 Å². The molecule has 0 heterocycles. The van der Waals surface area contributed by atoms with Crippen LogP contribution < -0.4 is 0 Å². The summed E-state index contributed by atoms with van der Waals surface area (Å²) in [6, 6.07) is 5.46. The summed E-state index contributed by atoms with van der Waals surface area (Å²) in [5.74, 6) is -2.82. The topological polar surface area (TPSA) is 57.5 Å². The van der Waals surface area contributed by atoms with Crippen molar-refractivity contribution in [2.45, 2.75) is 82.1 Å². The predicted octanol–water partition coefficient (Wildman–Crippen LogP) is 4.76. The lowest BCUT2D eigenvalue weighted by molar-refractivity contribution is -0.0887. The van der Waals surface area contributed by atoms with Gasteiger partial charge in [0.05, 0.1) is 12.2 Å². The SMILES string of the molecule is O=C(c1ccccc1C1C(O)CCCCCCCCCC1O)C(F)(F)F. The molecule has 2 N–H and O–H groups in total. The number of Topliss-reactive ketones (excluding diaryl/α,β-unsaturated/α-hetero) is 1. The zero-order valence-corrected chi connectivity index (χ0v) is 14.8. The highest BCUT2D eigenvalue weighted by Gasteiger charge is 2.42. The molecular formula is C20H27F3O3. The van der Waals surface area contributed by atoms with Gasteiger partial charge in [-0.1, -0.05) is 69.2 Å². The molecule has 1 aromatic rings. The molecule has 146 valence electrons. The van der Waals surface area contributed by atoms with E-state index in [9.17, 15) is 28.2 Å². The lowest BCUT2D eigenvalue weighted by Crippen LogP contribution is -2.33. The number of carbonyl (C=O) groups is 1. The average molecular weight is 372 g/mol. The minimum absolute atomic E-state index is 0.0897. The van der Waals surface area contributed by atoms with Crippen molar-refractivity contribution >= 4 is 5.78 Å². The number of alkyl halides is 3. The first kappa shape index (κ1) is 20.9. The molecule has 1 aromatic carbocycles. The van der Waals surface area contributed by atoms with E-state index in [1.807, 2.05) is 0 Å². The van der Waals surface area contributed by atoms with Crippen molar-refractivity contribution in [2.24, 2.45) is 0 Å². The number of hydrogen-bond donors (Lipinski definition) is 2. The minimum atomic E-state index is -4.99. The highest BCUT2D eigenvalue weighted by molar-refractivity contribution is 6.01. The first-order valence-electron chi connectivity index (χ1n) is 9.39. The quantitative estimate of drug-likeness (QED) is 0.736. The summed E-state index contributed by atoms with van der Waals surface area (Å²) in [6.45, 7) is 0. The molecule has 3 nitrogen and oxygen atoms in total. The van der Waals surface area contributed by atoms with Gasteiger partial charge in [-0.2, -0.15) is 13.2 Å². The largest absolute Gasteiger partial charge is 0.454 e. The molecule has 2 rings (SSSR count). The van der Waals surface area contributed by atoms with Gasteiger partial charge in [0.25, 0.3) is 5.78 Å². The van der Waals surface area contributed by atoms with Crippen LogP contribution in [0.4, 0.5) is 13.2 Å². The van der Waals surface area contributed by atoms with Crippen molar-refractivity contribution < 1.29 is 28.2 Å². The molecule has 0 aliphatic heterocycles. The highest BCUT2D eigenvalue weighted by Crippen LogP contribution is 2.34. The number of benzene rings is 1. The Kier molecular flexibility index (Phi) is 7.65. The zero-order valence-electron chi connectivity index (χ0n) is 14.8. The van der Waals surface area contributed by atoms with E-state index in [-0.39, 0.29) is 5.56 Å². The molecule has 0 saturated heterocycles. The third kappa shape index (κ3) is 5.55. The summed E-state index contributed by atoms with van der Waals surface area (Å²) in [7, 11) is 0. The average Bonchev–Trinajstić information content (AvgIpc) is 2.58. The van der Waals surface area contributed by atoms with E-state index in [2.05, 4.69) is 0 Å². The zero-order chi connectivity index (χ0) is 19.2. The van der Waals surface area contributed by atoms with Gasteiger partial charge < -0.3 is 10.2 Å². The summed E-state index contributed by atoms with van der Waals surface area (Å²) >= 11 is 0. The number of halogens is 3. The Bertz CT molecular complexity index is 570. The summed E-state index contributed by atoms with van der Waals surface area (Å²) in [5, 5.41) is 21.3. The number of carbonyl (C=O) groups excluding carboxylic acids is 1. The molecule has 0 amide bonds. The van der Waals surface area contributed by atoms with Crippen molar-refractivity contribution in [1.82, 2.24) is 0 Å². The summed E-state index contributed by atoms with van der Waals surface area (Å²) < 4.78 is 38.9. The van der Waals surface area contributed by atoms with Crippen LogP contribution in [0.5, 0.6) is 0 Å². The second-order valence-electron chi connectivity index (χ2n) is 7.13. The van der Waals surface area contributed by atoms with Crippen LogP contribution in [0.3, 0.4) is 0 Å². The predicted molar refractivity (Wildman–Crippen MR) is 93.1 cm³/mol. The molecule has 6 heteroatoms. The Morgan fingerprint density at radius 3 is 1.81 bits per heavy atom. The fourth-order valence-corrected chi connectivity index (χ4v) is 3.77. The van der Waals surface area contributed by atoms with Crippen molar-refractivity contribution in [3.63, 3.8) is 0 Å². The molecule has 1 fully saturated rings. The van der Waals surface area contributed by atoms with Gasteiger partial charge in [0.2, 0.25) is 0 Å². The first-order valence-corrected chi connectivity index (χ1v) is 9.39. The van der Waals surface area contributed by atoms with Crippen molar-refractivity contribution in [3.8, 4) is 0 Å². The van der Waals surface area contributed by atoms with E-state index in [1.165, 1.54) is 18.2 Å². The van der Waals surface area contributed by atoms with E-state index in [0.29, 0.717) is 12.8 Å². The number of hydrogen-bond acceptors (Lipinski definition) is 3. The maximum Gasteiger partial charge on any atom is 0.454 e. The Balaban J connectivity index is 2.35. The summed E-state index contributed by atoms with van der Waals surface area (Å²) in [6.07, 6.45) is 0.512. The van der Waals surface area contributed by atoms with E-state index < -0.39 is 35.6 Å². The molecule has 0 bridgehead atoms. The van der Waals surface area contributed by atoms with Crippen LogP contribution in [0.25, 0.3) is 0 Å². The Hall–Kier alpha value is -1.40. The lowest BCUT2D eigenvalue weighted by Gasteiger charge is -2.30. The monoisotopic (exact) mass is 372 g/mol. The Labute approximate surface area is 152 Å². The van der Waals surface area contributed by atoms with Gasteiger partial charge in [-0.25, -0.2) is 0 Å². The fourth-order valence-electron chi connectivity index (χ4n) is 3.77. The second kappa shape index (κ2) is 9.51. The molecule has 1 aliphatic rings. The normalized spacial score (nSPS) is 26.6. The van der Waals surface area contributed by atoms with Crippen LogP contribution in [-0.4, -0.2) is 34.4 Å². The minimum Gasteiger partial charge on any atom is -0.392 e. The van der Waals surface area contributed by atoms with Crippen LogP contribution in [-0.2, 0) is 0 Å². The van der Waals surface area contributed by atoms with Crippen molar-refractivity contribution in [2.75, 3.05) is 0 Å². The van der Waals surface area contributed by atoms with Gasteiger partial charge in [0.15, 0.2) is 0 Å². The molecular weight excluding hydrogens is 345 g/mol. The van der Waals surface area contributed by atoms with Gasteiger partial charge in [-0.05, 0) is 18.4 Å². The molecule has 2 unspecified atom stereocenters. The van der Waals surface area contributed by atoms with Gasteiger partial charge in [0.1, 0.15) is 0 Å². The number of aliphatic hydroxyl groups excluding tert-OH is 2. The lowest BCUT2D eigenvalue weighted by atomic mass is 9.80. The van der Waals surface area contributed by atoms with Gasteiger partial charge >= 0.3 is 6.18 Å². The smallest absolute Gasteiger partial charge is 0.392 e. The Morgan fingerprint density at radius 1 is 0.846 bits per heavy atom. The molecule has 1 saturated carbocycles. The van der Waals surface area contributed by atoms with Gasteiger partial charge in [-0.15, -0.1) is 0 Å². The summed E-state index contributed by atoms with van der Waals surface area (Å²) in [5.41, 5.74) is -0.387. The Morgan fingerprint density at radius 2 is 1.31 bits per heavy atom. The standard InChI is InChI=1S/C20H27F3O3/c21-20(22,23)19(26)15-11-9-8-10-14(15)18-16(24)12-6-4-2-1-3-5-7-13-17(18)25/h8-11,16-18,24-25H,1-7,12-13H2. The fraction of sp³-hybridized carbons (Fsp3) is 0.650. The van der Waals surface area contributed by atoms with Crippen LogP contribution in [0.15, 0.2) is 24.3 Å². The van der Waals surface area contributed by atoms with Crippen molar-refractivity contribution in [3.05, 3.63) is 35.4 Å². The molecule has 0 aromatic heterocycles. The molecule has 1 aliphatic carbocycles. The highest BCUT2D eigenvalue weighted by atomic mass is 19.4. The molecule has 2 atom stereocenters. The van der Waals surface area contributed by atoms with E-state index in [4.69, 9.17) is 0 Å². The molecule has 0 radical (unpaired) electrons. The maximum absolute atomic E-state index is 13.0. The van der Waals surface area contributed by atoms with E-state index in [0.717, 1.165) is 51.0 Å². The molecule has 26 heavy (non-hydrogen) atoms. The first-order chi connectivity index (χ1) is 12.3. The number of ketones is 1. The van der Waals surface area contributed by atoms with Crippen LogP contribution in [0.1, 0.15) is 79.6 Å². The maximum atomic E-state index is 13.0. The van der Waals surface area contributed by atoms with Crippen LogP contribution in [0.2, 0.25) is 0 Å². The number of aliphatic hydroxyl groups is 2.